The zero-order chi connectivity index (χ0) is 19.2. The van der Waals surface area contributed by atoms with Gasteiger partial charge < -0.3 is 0 Å². The molecule has 0 heterocycles. The summed E-state index contributed by atoms with van der Waals surface area (Å²) < 4.78 is 25.2. The van der Waals surface area contributed by atoms with Crippen LogP contribution < -0.4 is 0 Å². The Bertz CT molecular complexity index is 374. The average Bonchev–Trinajstić information content (AvgIpc) is 2.77. The van der Waals surface area contributed by atoms with Crippen LogP contribution in [-0.4, -0.2) is 29.6 Å². The van der Waals surface area contributed by atoms with Crippen molar-refractivity contribution in [3.8, 4) is 0 Å². The Morgan fingerprint density at radius 1 is 0.519 bits per heavy atom. The molecule has 3 rings (SSSR count). The summed E-state index contributed by atoms with van der Waals surface area (Å²) in [4.78, 5) is 0. The van der Waals surface area contributed by atoms with Gasteiger partial charge in [0.15, 0.2) is 0 Å². The van der Waals surface area contributed by atoms with E-state index in [1.165, 1.54) is 96.3 Å². The molecule has 3 fully saturated rings. The molecule has 0 spiro atoms. The molecule has 0 aromatic carbocycles. The van der Waals surface area contributed by atoms with Crippen LogP contribution in [0.1, 0.15) is 96.3 Å². The van der Waals surface area contributed by atoms with Crippen LogP contribution >= 0.6 is 0 Å². The van der Waals surface area contributed by atoms with Crippen molar-refractivity contribution >= 4 is 8.32 Å². The van der Waals surface area contributed by atoms with E-state index in [2.05, 4.69) is 0 Å². The summed E-state index contributed by atoms with van der Waals surface area (Å²) in [5, 5.41) is 0. The summed E-state index contributed by atoms with van der Waals surface area (Å²) >= 11 is -3.92. The molecule has 0 radical (unpaired) electrons. The average molecular weight is 478 g/mol. The Balaban J connectivity index is 2.01. The topological polar surface area (TPSA) is 36.9 Å². The fourth-order valence-corrected chi connectivity index (χ4v) is 23.6. The van der Waals surface area contributed by atoms with Gasteiger partial charge in [0.2, 0.25) is 0 Å². The van der Waals surface area contributed by atoms with E-state index in [9.17, 15) is 0 Å². The van der Waals surface area contributed by atoms with E-state index in [0.717, 1.165) is 16.6 Å². The molecule has 0 bridgehead atoms. The van der Waals surface area contributed by atoms with Gasteiger partial charge >= 0.3 is 176 Å². The van der Waals surface area contributed by atoms with Gasteiger partial charge in [-0.1, -0.05) is 0 Å². The summed E-state index contributed by atoms with van der Waals surface area (Å²) in [5.74, 6) is 0. The van der Waals surface area contributed by atoms with Gasteiger partial charge in [-0.05, 0) is 0 Å². The van der Waals surface area contributed by atoms with E-state index >= 15 is 0 Å². The van der Waals surface area contributed by atoms with E-state index in [1.54, 1.807) is 21.3 Å². The minimum atomic E-state index is -3.92. The molecular formula is C21H42O4SiZr. The standard InChI is InChI=1S/C18H33OSi.3CH3O.Zr/c19-20(16-10-4-1-5-11-16,17-12-6-2-7-13-17)18-14-8-3-9-15-18;3*1-2;/h16-18H,1-15H2;3*1H3;/q4*-1;+4. The van der Waals surface area contributed by atoms with Gasteiger partial charge in [-0.25, -0.2) is 0 Å². The van der Waals surface area contributed by atoms with Crippen LogP contribution in [0, 0.1) is 0 Å². The second kappa shape index (κ2) is 10.8. The van der Waals surface area contributed by atoms with Crippen LogP contribution in [0.4, 0.5) is 0 Å². The second-order valence-corrected chi connectivity index (χ2v) is 20.4. The van der Waals surface area contributed by atoms with E-state index in [-0.39, 0.29) is 0 Å². The molecule has 27 heavy (non-hydrogen) atoms. The summed E-state index contributed by atoms with van der Waals surface area (Å²) in [6, 6.07) is 0. The normalized spacial score (nSPS) is 25.0. The molecule has 0 unspecified atom stereocenters. The third-order valence-electron chi connectivity index (χ3n) is 7.78. The van der Waals surface area contributed by atoms with Gasteiger partial charge in [-0.3, -0.25) is 0 Å². The minimum absolute atomic E-state index is 0.786. The third-order valence-corrected chi connectivity index (χ3v) is 22.1. The number of rotatable bonds is 8. The fraction of sp³-hybridized carbons (Fsp3) is 1.00. The van der Waals surface area contributed by atoms with Crippen molar-refractivity contribution in [3.63, 3.8) is 0 Å². The van der Waals surface area contributed by atoms with Crippen molar-refractivity contribution in [1.29, 1.82) is 0 Å². The van der Waals surface area contributed by atoms with Crippen LogP contribution in [-0.2, 0) is 33.0 Å². The quantitative estimate of drug-likeness (QED) is 0.364. The molecule has 3 saturated carbocycles. The molecule has 0 N–H and O–H groups in total. The summed E-state index contributed by atoms with van der Waals surface area (Å²) in [6.07, 6.45) is 20.8. The SMILES string of the molecule is C[O][Zr]([O]C)([O]C)[O][Si](C1CCCCC1)(C1CCCCC1)C1CCCCC1. The van der Waals surface area contributed by atoms with Crippen molar-refractivity contribution in [1.82, 2.24) is 0 Å². The Morgan fingerprint density at radius 2 is 0.815 bits per heavy atom. The number of hydrogen-bond acceptors (Lipinski definition) is 4. The fourth-order valence-electron chi connectivity index (χ4n) is 6.50. The molecule has 3 aliphatic rings. The molecular weight excluding hydrogens is 436 g/mol. The summed E-state index contributed by atoms with van der Waals surface area (Å²) in [6.45, 7) is 0. The zero-order valence-electron chi connectivity index (χ0n) is 18.0. The second-order valence-electron chi connectivity index (χ2n) is 9.07. The van der Waals surface area contributed by atoms with E-state index in [1.807, 2.05) is 0 Å². The first-order valence-corrected chi connectivity index (χ1v) is 17.7. The first kappa shape index (κ1) is 22.6. The van der Waals surface area contributed by atoms with Gasteiger partial charge in [0.05, 0.1) is 0 Å². The predicted octanol–water partition coefficient (Wildman–Crippen LogP) is 6.70. The van der Waals surface area contributed by atoms with Crippen LogP contribution in [0.2, 0.25) is 16.6 Å². The molecule has 4 nitrogen and oxygen atoms in total. The first-order valence-electron chi connectivity index (χ1n) is 11.6. The molecule has 0 saturated heterocycles. The molecule has 6 heteroatoms. The number of hydrogen-bond donors (Lipinski definition) is 0. The maximum absolute atomic E-state index is 7.37. The van der Waals surface area contributed by atoms with Gasteiger partial charge in [0, 0.05) is 0 Å². The first-order chi connectivity index (χ1) is 13.2. The van der Waals surface area contributed by atoms with Crippen LogP contribution in [0.5, 0.6) is 0 Å². The Morgan fingerprint density at radius 3 is 1.07 bits per heavy atom. The molecule has 0 aromatic rings. The molecule has 0 amide bonds. The molecule has 158 valence electrons. The van der Waals surface area contributed by atoms with Crippen LogP contribution in [0.25, 0.3) is 0 Å². The van der Waals surface area contributed by atoms with E-state index < -0.39 is 30.3 Å². The van der Waals surface area contributed by atoms with E-state index in [0.29, 0.717) is 0 Å². The van der Waals surface area contributed by atoms with Crippen molar-refractivity contribution in [3.05, 3.63) is 0 Å². The van der Waals surface area contributed by atoms with Crippen molar-refractivity contribution < 1.29 is 33.0 Å². The monoisotopic (exact) mass is 476 g/mol. The Hall–Kier alpha value is 0.940. The van der Waals surface area contributed by atoms with Crippen molar-refractivity contribution in [2.45, 2.75) is 113 Å². The van der Waals surface area contributed by atoms with Gasteiger partial charge in [0.1, 0.15) is 0 Å². The molecule has 0 aromatic heterocycles. The van der Waals surface area contributed by atoms with Crippen LogP contribution in [0.3, 0.4) is 0 Å². The molecule has 3 aliphatic carbocycles. The Kier molecular flexibility index (Phi) is 9.06. The maximum atomic E-state index is 7.37. The summed E-state index contributed by atoms with van der Waals surface area (Å²) in [7, 11) is 3.19. The Labute approximate surface area is 175 Å². The third kappa shape index (κ3) is 4.99. The van der Waals surface area contributed by atoms with Gasteiger partial charge in [0.25, 0.3) is 0 Å². The molecule has 0 atom stereocenters. The molecule has 0 aliphatic heterocycles. The van der Waals surface area contributed by atoms with Crippen molar-refractivity contribution in [2.75, 3.05) is 21.3 Å². The van der Waals surface area contributed by atoms with Crippen LogP contribution in [0.15, 0.2) is 0 Å². The predicted molar refractivity (Wildman–Crippen MR) is 108 cm³/mol. The summed E-state index contributed by atoms with van der Waals surface area (Å²) in [5.41, 5.74) is 2.36. The van der Waals surface area contributed by atoms with Gasteiger partial charge in [-0.15, -0.1) is 0 Å². The van der Waals surface area contributed by atoms with Gasteiger partial charge in [-0.2, -0.15) is 0 Å². The van der Waals surface area contributed by atoms with E-state index in [4.69, 9.17) is 10.9 Å². The zero-order valence-corrected chi connectivity index (χ0v) is 21.4. The van der Waals surface area contributed by atoms with Crippen molar-refractivity contribution in [2.24, 2.45) is 0 Å².